The molecule has 14 heavy (non-hydrogen) atoms. The van der Waals surface area contributed by atoms with Gasteiger partial charge in [0.1, 0.15) is 0 Å². The molecule has 0 atom stereocenters. The zero-order chi connectivity index (χ0) is 10.6. The minimum absolute atomic E-state index is 0.0590. The Morgan fingerprint density at radius 1 is 1.43 bits per heavy atom. The lowest BCUT2D eigenvalue weighted by Crippen LogP contribution is -2.58. The van der Waals surface area contributed by atoms with Crippen molar-refractivity contribution in [2.75, 3.05) is 31.9 Å². The van der Waals surface area contributed by atoms with Crippen molar-refractivity contribution >= 4 is 10.0 Å². The Morgan fingerprint density at radius 2 is 2.07 bits per heavy atom. The Labute approximate surface area is 85.7 Å². The van der Waals surface area contributed by atoms with Gasteiger partial charge in [-0.2, -0.15) is 0 Å². The Morgan fingerprint density at radius 3 is 2.43 bits per heavy atom. The van der Waals surface area contributed by atoms with E-state index in [0.29, 0.717) is 12.6 Å². The van der Waals surface area contributed by atoms with Gasteiger partial charge in [0.15, 0.2) is 0 Å². The molecule has 0 radical (unpaired) electrons. The first-order valence-electron chi connectivity index (χ1n) is 4.98. The second kappa shape index (κ2) is 5.06. The van der Waals surface area contributed by atoms with Crippen LogP contribution >= 0.6 is 0 Å². The van der Waals surface area contributed by atoms with E-state index in [1.165, 1.54) is 0 Å². The lowest BCUT2D eigenvalue weighted by molar-refractivity contribution is 0.154. The van der Waals surface area contributed by atoms with Crippen LogP contribution in [-0.4, -0.2) is 51.3 Å². The summed E-state index contributed by atoms with van der Waals surface area (Å²) in [5, 5.41) is 8.14. The van der Waals surface area contributed by atoms with Gasteiger partial charge in [0.05, 0.1) is 5.75 Å². The molecule has 1 aliphatic heterocycles. The van der Waals surface area contributed by atoms with Crippen molar-refractivity contribution in [2.24, 2.45) is 5.14 Å². The van der Waals surface area contributed by atoms with Gasteiger partial charge in [-0.05, 0) is 13.0 Å². The maximum atomic E-state index is 10.8. The predicted molar refractivity (Wildman–Crippen MR) is 56.5 cm³/mol. The summed E-state index contributed by atoms with van der Waals surface area (Å²) in [6, 6.07) is 0.497. The molecule has 0 aromatic carbocycles. The van der Waals surface area contributed by atoms with Crippen LogP contribution in [0.1, 0.15) is 13.3 Å². The first-order chi connectivity index (χ1) is 6.53. The van der Waals surface area contributed by atoms with Gasteiger partial charge in [-0.1, -0.05) is 6.92 Å². The summed E-state index contributed by atoms with van der Waals surface area (Å²) in [4.78, 5) is 2.20. The summed E-state index contributed by atoms with van der Waals surface area (Å²) in [5.41, 5.74) is 0. The van der Waals surface area contributed by atoms with Gasteiger partial charge in [-0.3, -0.25) is 4.90 Å². The highest BCUT2D eigenvalue weighted by molar-refractivity contribution is 7.89. The van der Waals surface area contributed by atoms with E-state index in [1.807, 2.05) is 0 Å². The number of nitrogens with zero attached hydrogens (tertiary/aromatic N) is 1. The molecule has 0 bridgehead atoms. The molecule has 0 spiro atoms. The van der Waals surface area contributed by atoms with E-state index in [9.17, 15) is 8.42 Å². The van der Waals surface area contributed by atoms with E-state index >= 15 is 0 Å². The first-order valence-corrected chi connectivity index (χ1v) is 6.69. The molecule has 0 unspecified atom stereocenters. The highest BCUT2D eigenvalue weighted by Crippen LogP contribution is 2.05. The Hall–Kier alpha value is -0.170. The van der Waals surface area contributed by atoms with Gasteiger partial charge in [0.2, 0.25) is 10.0 Å². The second-order valence-electron chi connectivity index (χ2n) is 3.72. The molecule has 0 saturated carbocycles. The fourth-order valence-electron chi connectivity index (χ4n) is 1.54. The normalized spacial score (nSPS) is 18.5. The van der Waals surface area contributed by atoms with Crippen molar-refractivity contribution < 1.29 is 8.42 Å². The van der Waals surface area contributed by atoms with Crippen molar-refractivity contribution in [3.63, 3.8) is 0 Å². The SMILES string of the molecule is CCCN(CCS(N)(=O)=O)C1CNC1. The number of hydrogen-bond acceptors (Lipinski definition) is 4. The third-order valence-electron chi connectivity index (χ3n) is 2.45. The fourth-order valence-corrected chi connectivity index (χ4v) is 2.03. The molecule has 1 heterocycles. The minimum atomic E-state index is -3.32. The molecular formula is C8H19N3O2S. The van der Waals surface area contributed by atoms with E-state index < -0.39 is 10.0 Å². The average Bonchev–Trinajstić information content (AvgIpc) is 1.95. The summed E-state index contributed by atoms with van der Waals surface area (Å²) in [5.74, 6) is 0.0590. The quantitative estimate of drug-likeness (QED) is 0.601. The molecule has 0 amide bonds. The summed E-state index contributed by atoms with van der Waals surface area (Å²) >= 11 is 0. The third-order valence-corrected chi connectivity index (χ3v) is 3.20. The summed E-state index contributed by atoms with van der Waals surface area (Å²) in [6.45, 7) is 5.52. The summed E-state index contributed by atoms with van der Waals surface area (Å²) in [6.07, 6.45) is 1.04. The minimum Gasteiger partial charge on any atom is -0.314 e. The molecule has 6 heteroatoms. The van der Waals surface area contributed by atoms with Crippen molar-refractivity contribution in [1.82, 2.24) is 10.2 Å². The van der Waals surface area contributed by atoms with E-state index in [4.69, 9.17) is 5.14 Å². The average molecular weight is 221 g/mol. The topological polar surface area (TPSA) is 75.4 Å². The molecule has 1 aliphatic rings. The molecule has 0 aromatic heterocycles. The van der Waals surface area contributed by atoms with Crippen LogP contribution in [-0.2, 0) is 10.0 Å². The molecule has 84 valence electrons. The highest BCUT2D eigenvalue weighted by atomic mass is 32.2. The molecule has 0 aliphatic carbocycles. The number of nitrogens with two attached hydrogens (primary N) is 1. The van der Waals surface area contributed by atoms with E-state index in [1.54, 1.807) is 0 Å². The zero-order valence-corrected chi connectivity index (χ0v) is 9.39. The van der Waals surface area contributed by atoms with Crippen molar-refractivity contribution in [2.45, 2.75) is 19.4 Å². The predicted octanol–water partition coefficient (Wildman–Crippen LogP) is -1.04. The first kappa shape index (κ1) is 11.9. The van der Waals surface area contributed by atoms with Crippen molar-refractivity contribution in [3.05, 3.63) is 0 Å². The number of hydrogen-bond donors (Lipinski definition) is 2. The smallest absolute Gasteiger partial charge is 0.210 e. The largest absolute Gasteiger partial charge is 0.314 e. The van der Waals surface area contributed by atoms with E-state index in [2.05, 4.69) is 17.1 Å². The number of nitrogens with one attached hydrogen (secondary N) is 1. The van der Waals surface area contributed by atoms with Gasteiger partial charge in [0.25, 0.3) is 0 Å². The molecule has 0 aromatic rings. The van der Waals surface area contributed by atoms with Crippen LogP contribution in [0.15, 0.2) is 0 Å². The lowest BCUT2D eigenvalue weighted by atomic mass is 10.1. The van der Waals surface area contributed by atoms with Crippen LogP contribution in [0.25, 0.3) is 0 Å². The fraction of sp³-hybridized carbons (Fsp3) is 1.00. The Kier molecular flexibility index (Phi) is 4.31. The Balaban J connectivity index is 2.35. The van der Waals surface area contributed by atoms with Crippen LogP contribution < -0.4 is 10.5 Å². The van der Waals surface area contributed by atoms with Gasteiger partial charge < -0.3 is 5.32 Å². The number of primary sulfonamides is 1. The van der Waals surface area contributed by atoms with Gasteiger partial charge in [-0.15, -0.1) is 0 Å². The lowest BCUT2D eigenvalue weighted by Gasteiger charge is -2.38. The van der Waals surface area contributed by atoms with Crippen LogP contribution in [0.4, 0.5) is 0 Å². The van der Waals surface area contributed by atoms with E-state index in [-0.39, 0.29) is 5.75 Å². The molecular weight excluding hydrogens is 202 g/mol. The zero-order valence-electron chi connectivity index (χ0n) is 8.57. The Bertz CT molecular complexity index is 262. The molecule has 1 saturated heterocycles. The third kappa shape index (κ3) is 3.91. The van der Waals surface area contributed by atoms with Crippen LogP contribution in [0.5, 0.6) is 0 Å². The number of sulfonamides is 1. The van der Waals surface area contributed by atoms with Crippen LogP contribution in [0, 0.1) is 0 Å². The van der Waals surface area contributed by atoms with Gasteiger partial charge >= 0.3 is 0 Å². The maximum Gasteiger partial charge on any atom is 0.210 e. The molecule has 5 nitrogen and oxygen atoms in total. The maximum absolute atomic E-state index is 10.8. The molecule has 3 N–H and O–H groups in total. The summed E-state index contributed by atoms with van der Waals surface area (Å²) < 4.78 is 21.6. The van der Waals surface area contributed by atoms with Crippen molar-refractivity contribution in [1.29, 1.82) is 0 Å². The number of rotatable bonds is 6. The summed E-state index contributed by atoms with van der Waals surface area (Å²) in [7, 11) is -3.32. The highest BCUT2D eigenvalue weighted by Gasteiger charge is 2.24. The van der Waals surface area contributed by atoms with Crippen LogP contribution in [0.2, 0.25) is 0 Å². The monoisotopic (exact) mass is 221 g/mol. The standard InChI is InChI=1S/C8H19N3O2S/c1-2-3-11(8-6-10-7-8)4-5-14(9,12)13/h8,10H,2-7H2,1H3,(H2,9,12,13). The van der Waals surface area contributed by atoms with Gasteiger partial charge in [-0.25, -0.2) is 13.6 Å². The van der Waals surface area contributed by atoms with E-state index in [0.717, 1.165) is 26.1 Å². The second-order valence-corrected chi connectivity index (χ2v) is 5.45. The van der Waals surface area contributed by atoms with Crippen molar-refractivity contribution in [3.8, 4) is 0 Å². The molecule has 1 fully saturated rings. The van der Waals surface area contributed by atoms with Crippen LogP contribution in [0.3, 0.4) is 0 Å². The van der Waals surface area contributed by atoms with Gasteiger partial charge in [0, 0.05) is 25.7 Å². The molecule has 1 rings (SSSR count).